The lowest BCUT2D eigenvalue weighted by Crippen LogP contribution is -2.47. The summed E-state index contributed by atoms with van der Waals surface area (Å²) in [5.74, 6) is 1.06. The highest BCUT2D eigenvalue weighted by molar-refractivity contribution is 7.99. The Morgan fingerprint density at radius 2 is 2.35 bits per heavy atom. The first-order valence-corrected chi connectivity index (χ1v) is 12.2. The monoisotopic (exact) mass is 414 g/mol. The lowest BCUT2D eigenvalue weighted by atomic mass is 10.1. The van der Waals surface area contributed by atoms with E-state index in [0.29, 0.717) is 17.4 Å². The summed E-state index contributed by atoms with van der Waals surface area (Å²) in [6, 6.07) is 3.68. The Morgan fingerprint density at radius 1 is 1.54 bits per heavy atom. The van der Waals surface area contributed by atoms with Crippen molar-refractivity contribution in [3.63, 3.8) is 0 Å². The fourth-order valence-corrected chi connectivity index (χ4v) is 6.08. The Kier molecular flexibility index (Phi) is 6.03. The molecule has 1 aliphatic heterocycles. The van der Waals surface area contributed by atoms with Gasteiger partial charge in [0.25, 0.3) is 0 Å². The zero-order chi connectivity index (χ0) is 18.7. The molecule has 2 aromatic rings. The van der Waals surface area contributed by atoms with Crippen molar-refractivity contribution in [3.05, 3.63) is 17.5 Å². The van der Waals surface area contributed by atoms with Crippen LogP contribution in [0.1, 0.15) is 26.7 Å². The molecule has 0 aromatic carbocycles. The summed E-state index contributed by atoms with van der Waals surface area (Å²) in [7, 11) is -3.03. The number of rotatable bonds is 7. The van der Waals surface area contributed by atoms with Crippen molar-refractivity contribution >= 4 is 38.8 Å². The lowest BCUT2D eigenvalue weighted by molar-refractivity contribution is -0.132. The van der Waals surface area contributed by atoms with E-state index >= 15 is 0 Å². The summed E-state index contributed by atoms with van der Waals surface area (Å²) < 4.78 is 23.6. The van der Waals surface area contributed by atoms with E-state index in [1.54, 1.807) is 16.2 Å². The van der Waals surface area contributed by atoms with Gasteiger partial charge in [0.15, 0.2) is 15.7 Å². The summed E-state index contributed by atoms with van der Waals surface area (Å²) in [6.45, 7) is 3.97. The number of amides is 1. The number of thioether (sulfide) groups is 1. The highest BCUT2D eigenvalue weighted by Crippen LogP contribution is 2.25. The zero-order valence-electron chi connectivity index (χ0n) is 14.7. The number of nitrogens with one attached hydrogen (secondary N) is 1. The van der Waals surface area contributed by atoms with Gasteiger partial charge in [-0.25, -0.2) is 13.4 Å². The first-order valence-electron chi connectivity index (χ1n) is 8.50. The highest BCUT2D eigenvalue weighted by Gasteiger charge is 2.36. The van der Waals surface area contributed by atoms with Crippen LogP contribution in [0.2, 0.25) is 0 Å². The van der Waals surface area contributed by atoms with Crippen LogP contribution in [0.4, 0.5) is 0 Å². The van der Waals surface area contributed by atoms with Crippen molar-refractivity contribution in [1.29, 1.82) is 0 Å². The largest absolute Gasteiger partial charge is 0.335 e. The maximum atomic E-state index is 12.8. The summed E-state index contributed by atoms with van der Waals surface area (Å²) in [4.78, 5) is 20.0. The van der Waals surface area contributed by atoms with E-state index in [1.807, 2.05) is 31.4 Å². The molecule has 2 aromatic heterocycles. The Labute approximate surface area is 161 Å². The van der Waals surface area contributed by atoms with Crippen LogP contribution < -0.4 is 0 Å². The molecule has 0 radical (unpaired) electrons. The van der Waals surface area contributed by atoms with Gasteiger partial charge in [0.1, 0.15) is 0 Å². The second-order valence-corrected chi connectivity index (χ2v) is 10.5. The van der Waals surface area contributed by atoms with Crippen molar-refractivity contribution in [2.75, 3.05) is 17.3 Å². The summed E-state index contributed by atoms with van der Waals surface area (Å²) in [5, 5.41) is 9.53. The zero-order valence-corrected chi connectivity index (χ0v) is 17.2. The Bertz CT molecular complexity index is 848. The van der Waals surface area contributed by atoms with E-state index in [-0.39, 0.29) is 35.2 Å². The molecule has 0 bridgehead atoms. The fourth-order valence-electron chi connectivity index (χ4n) is 3.04. The number of thiophene rings is 1. The topological polar surface area (TPSA) is 96.0 Å². The number of hydrogen-bond donors (Lipinski definition) is 1. The van der Waals surface area contributed by atoms with E-state index in [1.165, 1.54) is 11.8 Å². The van der Waals surface area contributed by atoms with Crippen molar-refractivity contribution in [2.24, 2.45) is 0 Å². The van der Waals surface area contributed by atoms with Gasteiger partial charge in [-0.15, -0.1) is 16.4 Å². The Balaban J connectivity index is 1.64. The molecular formula is C16H22N4O3S3. The van der Waals surface area contributed by atoms with Crippen LogP contribution in [0.25, 0.3) is 10.7 Å². The van der Waals surface area contributed by atoms with Crippen LogP contribution >= 0.6 is 23.1 Å². The van der Waals surface area contributed by atoms with Crippen molar-refractivity contribution in [1.82, 2.24) is 20.1 Å². The van der Waals surface area contributed by atoms with E-state index < -0.39 is 9.84 Å². The number of H-pyrrole nitrogens is 1. The van der Waals surface area contributed by atoms with E-state index in [9.17, 15) is 13.2 Å². The second kappa shape index (κ2) is 8.10. The molecule has 3 heterocycles. The van der Waals surface area contributed by atoms with Gasteiger partial charge in [-0.1, -0.05) is 24.8 Å². The minimum absolute atomic E-state index is 0.00947. The maximum absolute atomic E-state index is 12.8. The lowest BCUT2D eigenvalue weighted by Gasteiger charge is -2.33. The third-order valence-corrected chi connectivity index (χ3v) is 7.96. The summed E-state index contributed by atoms with van der Waals surface area (Å²) in [5.41, 5.74) is 0. The number of sulfone groups is 1. The molecule has 1 aliphatic rings. The Morgan fingerprint density at radius 3 is 2.96 bits per heavy atom. The molecule has 3 rings (SSSR count). The molecule has 0 saturated carbocycles. The quantitative estimate of drug-likeness (QED) is 0.699. The summed E-state index contributed by atoms with van der Waals surface area (Å²) >= 11 is 2.84. The predicted molar refractivity (Wildman–Crippen MR) is 104 cm³/mol. The van der Waals surface area contributed by atoms with Gasteiger partial charge in [0.05, 0.1) is 22.1 Å². The third kappa shape index (κ3) is 4.47. The van der Waals surface area contributed by atoms with Crippen LogP contribution in [0.15, 0.2) is 22.7 Å². The molecule has 1 saturated heterocycles. The predicted octanol–water partition coefficient (Wildman–Crippen LogP) is 2.44. The standard InChI is InChI=1S/C16H22N4O3S3/c1-3-11(2)20(12-6-8-26(22,23)10-12)14(21)9-25-16-17-15(18-19-16)13-5-4-7-24-13/h4-5,7,11-12H,3,6,8-10H2,1-2H3,(H,17,18,19)/t11-,12-/m0/s1. The van der Waals surface area contributed by atoms with Crippen LogP contribution in [0.5, 0.6) is 0 Å². The van der Waals surface area contributed by atoms with Crippen LogP contribution in [0.3, 0.4) is 0 Å². The first-order chi connectivity index (χ1) is 12.4. The molecule has 10 heteroatoms. The van der Waals surface area contributed by atoms with Gasteiger partial charge < -0.3 is 4.90 Å². The number of carbonyl (C=O) groups is 1. The molecule has 7 nitrogen and oxygen atoms in total. The molecule has 0 spiro atoms. The number of aromatic amines is 1. The third-order valence-electron chi connectivity index (χ3n) is 4.50. The minimum atomic E-state index is -3.03. The van der Waals surface area contributed by atoms with Crippen LogP contribution in [0, 0.1) is 0 Å². The van der Waals surface area contributed by atoms with Gasteiger partial charge >= 0.3 is 0 Å². The molecule has 0 aliphatic carbocycles. The number of hydrogen-bond acceptors (Lipinski definition) is 7. The first kappa shape index (κ1) is 19.4. The number of nitrogens with zero attached hydrogens (tertiary/aromatic N) is 3. The molecule has 1 N–H and O–H groups in total. The van der Waals surface area contributed by atoms with Gasteiger partial charge in [-0.3, -0.25) is 9.89 Å². The molecule has 1 amide bonds. The highest BCUT2D eigenvalue weighted by atomic mass is 32.2. The van der Waals surface area contributed by atoms with E-state index in [0.717, 1.165) is 11.3 Å². The van der Waals surface area contributed by atoms with E-state index in [2.05, 4.69) is 15.2 Å². The van der Waals surface area contributed by atoms with Crippen molar-refractivity contribution in [2.45, 2.75) is 43.9 Å². The summed E-state index contributed by atoms with van der Waals surface area (Å²) in [6.07, 6.45) is 1.31. The van der Waals surface area contributed by atoms with Gasteiger partial charge in [0, 0.05) is 12.1 Å². The van der Waals surface area contributed by atoms with Crippen molar-refractivity contribution < 1.29 is 13.2 Å². The molecule has 1 fully saturated rings. The van der Waals surface area contributed by atoms with Gasteiger partial charge in [-0.05, 0) is 31.2 Å². The molecule has 142 valence electrons. The average molecular weight is 415 g/mol. The number of carbonyl (C=O) groups excluding carboxylic acids is 1. The van der Waals surface area contributed by atoms with Crippen molar-refractivity contribution in [3.8, 4) is 10.7 Å². The molecule has 2 atom stereocenters. The van der Waals surface area contributed by atoms with Gasteiger partial charge in [-0.2, -0.15) is 0 Å². The van der Waals surface area contributed by atoms with Crippen LogP contribution in [-0.2, 0) is 14.6 Å². The van der Waals surface area contributed by atoms with E-state index in [4.69, 9.17) is 0 Å². The van der Waals surface area contributed by atoms with Gasteiger partial charge in [0.2, 0.25) is 11.1 Å². The average Bonchev–Trinajstić information content (AvgIpc) is 3.33. The fraction of sp³-hybridized carbons (Fsp3) is 0.562. The molecular weight excluding hydrogens is 392 g/mol. The molecule has 26 heavy (non-hydrogen) atoms. The molecule has 0 unspecified atom stereocenters. The van der Waals surface area contributed by atoms with Crippen LogP contribution in [-0.4, -0.2) is 63.7 Å². The SMILES string of the molecule is CC[C@H](C)N(C(=O)CSc1n[nH]c(-c2cccs2)n1)[C@H]1CCS(=O)(=O)C1. The number of aromatic nitrogens is 3. The minimum Gasteiger partial charge on any atom is -0.335 e. The second-order valence-electron chi connectivity index (χ2n) is 6.35. The Hall–Kier alpha value is -1.39. The maximum Gasteiger partial charge on any atom is 0.233 e. The smallest absolute Gasteiger partial charge is 0.233 e. The normalized spacial score (nSPS) is 20.2.